The molecule has 7 nitrogen and oxygen atoms in total. The van der Waals surface area contributed by atoms with Crippen molar-refractivity contribution < 1.29 is 30.3 Å². The predicted molar refractivity (Wildman–Crippen MR) is 78.9 cm³/mol. The van der Waals surface area contributed by atoms with Crippen LogP contribution in [-0.4, -0.2) is 37.5 Å². The van der Waals surface area contributed by atoms with Gasteiger partial charge in [0.25, 0.3) is 0 Å². The fraction of sp³-hybridized carbons (Fsp3) is 0.133. The highest BCUT2D eigenvalue weighted by Crippen LogP contribution is 2.25. The number of benzene rings is 2. The third-order valence-corrected chi connectivity index (χ3v) is 2.69. The minimum absolute atomic E-state index is 0.0764. The van der Waals surface area contributed by atoms with Crippen LogP contribution in [0, 0.1) is 0 Å². The number of nitrogens with two attached hydrogens (primary N) is 1. The summed E-state index contributed by atoms with van der Waals surface area (Å²) in [6.45, 7) is 0. The van der Waals surface area contributed by atoms with Crippen LogP contribution in [0.2, 0.25) is 0 Å². The number of hydrogen-bond acceptors (Lipinski definition) is 6. The van der Waals surface area contributed by atoms with Crippen molar-refractivity contribution in [3.05, 3.63) is 48.0 Å². The quantitative estimate of drug-likeness (QED) is 0.466. The van der Waals surface area contributed by atoms with E-state index in [1.807, 2.05) is 0 Å². The summed E-state index contributed by atoms with van der Waals surface area (Å²) in [4.78, 5) is 10.4. The van der Waals surface area contributed by atoms with E-state index < -0.39 is 12.0 Å². The first-order chi connectivity index (χ1) is 10.3. The van der Waals surface area contributed by atoms with E-state index in [2.05, 4.69) is 0 Å². The van der Waals surface area contributed by atoms with Gasteiger partial charge in [0.2, 0.25) is 0 Å². The zero-order valence-electron chi connectivity index (χ0n) is 11.5. The van der Waals surface area contributed by atoms with Crippen molar-refractivity contribution >= 4 is 5.97 Å². The molecule has 0 aromatic heterocycles. The average Bonchev–Trinajstić information content (AvgIpc) is 2.46. The van der Waals surface area contributed by atoms with Crippen molar-refractivity contribution in [3.63, 3.8) is 0 Å². The first-order valence-electron chi connectivity index (χ1n) is 6.27. The van der Waals surface area contributed by atoms with Gasteiger partial charge in [0.15, 0.2) is 23.0 Å². The molecule has 22 heavy (non-hydrogen) atoms. The Morgan fingerprint density at radius 1 is 0.909 bits per heavy atom. The number of para-hydroxylation sites is 2. The van der Waals surface area contributed by atoms with Crippen molar-refractivity contribution in [3.8, 4) is 23.0 Å². The Morgan fingerprint density at radius 3 is 1.82 bits per heavy atom. The molecule has 0 aliphatic heterocycles. The first kappa shape index (κ1) is 17.1. The Kier molecular flexibility index (Phi) is 6.03. The molecule has 0 saturated heterocycles. The fourth-order valence-electron chi connectivity index (χ4n) is 1.50. The molecule has 0 amide bonds. The smallest absolute Gasteiger partial charge is 0.320 e. The maximum Gasteiger partial charge on any atom is 0.320 e. The molecule has 2 aromatic rings. The Balaban J connectivity index is 0.000000255. The third-order valence-electron chi connectivity index (χ3n) is 2.69. The highest BCUT2D eigenvalue weighted by molar-refractivity contribution is 5.73. The molecule has 0 bridgehead atoms. The van der Waals surface area contributed by atoms with Gasteiger partial charge in [0.1, 0.15) is 6.04 Å². The highest BCUT2D eigenvalue weighted by Gasteiger charge is 2.12. The second-order valence-electron chi connectivity index (χ2n) is 4.46. The molecule has 2 rings (SSSR count). The largest absolute Gasteiger partial charge is 0.504 e. The van der Waals surface area contributed by atoms with E-state index in [1.54, 1.807) is 12.1 Å². The van der Waals surface area contributed by atoms with Crippen LogP contribution >= 0.6 is 0 Å². The molecule has 0 fully saturated rings. The number of aliphatic carboxylic acids is 1. The van der Waals surface area contributed by atoms with Gasteiger partial charge in [-0.2, -0.15) is 0 Å². The van der Waals surface area contributed by atoms with Crippen LogP contribution in [0.5, 0.6) is 23.0 Å². The second-order valence-corrected chi connectivity index (χ2v) is 4.46. The van der Waals surface area contributed by atoms with Crippen LogP contribution in [0.4, 0.5) is 0 Å². The number of hydrogen-bond donors (Lipinski definition) is 6. The molecule has 1 unspecified atom stereocenters. The summed E-state index contributed by atoms with van der Waals surface area (Å²) in [5.41, 5.74) is 5.86. The number of carboxylic acid groups (broad SMARTS) is 1. The summed E-state index contributed by atoms with van der Waals surface area (Å²) in [5.74, 6) is -1.77. The van der Waals surface area contributed by atoms with Crippen LogP contribution in [0.15, 0.2) is 42.5 Å². The van der Waals surface area contributed by atoms with Gasteiger partial charge in [0.05, 0.1) is 0 Å². The Bertz CT molecular complexity index is 623. The van der Waals surface area contributed by atoms with Crippen LogP contribution < -0.4 is 5.73 Å². The monoisotopic (exact) mass is 307 g/mol. The molecule has 0 heterocycles. The minimum atomic E-state index is -1.10. The number of aromatic hydroxyl groups is 4. The van der Waals surface area contributed by atoms with E-state index in [1.165, 1.54) is 30.3 Å². The van der Waals surface area contributed by atoms with Gasteiger partial charge in [-0.05, 0) is 36.2 Å². The van der Waals surface area contributed by atoms with Gasteiger partial charge < -0.3 is 31.3 Å². The number of rotatable bonds is 3. The van der Waals surface area contributed by atoms with Gasteiger partial charge in [0, 0.05) is 0 Å². The van der Waals surface area contributed by atoms with Gasteiger partial charge in [-0.15, -0.1) is 0 Å². The zero-order chi connectivity index (χ0) is 16.7. The van der Waals surface area contributed by atoms with E-state index >= 15 is 0 Å². The molecule has 7 heteroatoms. The van der Waals surface area contributed by atoms with Crippen molar-refractivity contribution in [2.75, 3.05) is 0 Å². The lowest BCUT2D eigenvalue weighted by Gasteiger charge is -2.06. The lowest BCUT2D eigenvalue weighted by atomic mass is 10.1. The van der Waals surface area contributed by atoms with Crippen LogP contribution in [0.3, 0.4) is 0 Å². The molecule has 1 atom stereocenters. The van der Waals surface area contributed by atoms with Crippen molar-refractivity contribution in [2.45, 2.75) is 12.5 Å². The maximum absolute atomic E-state index is 10.4. The summed E-state index contributed by atoms with van der Waals surface area (Å²) < 4.78 is 0. The minimum Gasteiger partial charge on any atom is -0.504 e. The highest BCUT2D eigenvalue weighted by atomic mass is 16.4. The molecule has 0 radical (unpaired) electrons. The lowest BCUT2D eigenvalue weighted by Crippen LogP contribution is -2.32. The molecule has 0 saturated carbocycles. The van der Waals surface area contributed by atoms with E-state index in [9.17, 15) is 4.79 Å². The van der Waals surface area contributed by atoms with Gasteiger partial charge >= 0.3 is 5.97 Å². The molecule has 0 spiro atoms. The lowest BCUT2D eigenvalue weighted by molar-refractivity contribution is -0.138. The molecule has 0 aliphatic rings. The van der Waals surface area contributed by atoms with E-state index in [0.29, 0.717) is 5.56 Å². The SMILES string of the molecule is NC(Cc1ccc(O)c(O)c1)C(=O)O.Oc1ccccc1O. The third kappa shape index (κ3) is 5.22. The van der Waals surface area contributed by atoms with Gasteiger partial charge in [-0.3, -0.25) is 4.79 Å². The Morgan fingerprint density at radius 2 is 1.41 bits per heavy atom. The van der Waals surface area contributed by atoms with Crippen molar-refractivity contribution in [1.29, 1.82) is 0 Å². The predicted octanol–water partition coefficient (Wildman–Crippen LogP) is 1.15. The van der Waals surface area contributed by atoms with E-state index in [4.69, 9.17) is 31.3 Å². The van der Waals surface area contributed by atoms with E-state index in [-0.39, 0.29) is 29.4 Å². The summed E-state index contributed by atoms with van der Waals surface area (Å²) in [6.07, 6.45) is 0.114. The molecule has 2 aromatic carbocycles. The molecule has 7 N–H and O–H groups in total. The van der Waals surface area contributed by atoms with E-state index in [0.717, 1.165) is 0 Å². The normalized spacial score (nSPS) is 11.1. The first-order valence-corrected chi connectivity index (χ1v) is 6.27. The molecular weight excluding hydrogens is 290 g/mol. The summed E-state index contributed by atoms with van der Waals surface area (Å²) >= 11 is 0. The number of carboxylic acids is 1. The summed E-state index contributed by atoms with van der Waals surface area (Å²) in [6, 6.07) is 9.24. The van der Waals surface area contributed by atoms with Crippen LogP contribution in [-0.2, 0) is 11.2 Å². The summed E-state index contributed by atoms with van der Waals surface area (Å²) in [7, 11) is 0. The zero-order valence-corrected chi connectivity index (χ0v) is 11.5. The van der Waals surface area contributed by atoms with Crippen molar-refractivity contribution in [1.82, 2.24) is 0 Å². The van der Waals surface area contributed by atoms with Gasteiger partial charge in [-0.25, -0.2) is 0 Å². The standard InChI is InChI=1S/C9H11NO4.C6H6O2/c10-6(9(13)14)3-5-1-2-7(11)8(12)4-5;7-5-3-1-2-4-6(5)8/h1-2,4,6,11-12H,3,10H2,(H,13,14);1-4,7-8H. The van der Waals surface area contributed by atoms with Crippen LogP contribution in [0.25, 0.3) is 0 Å². The van der Waals surface area contributed by atoms with Gasteiger partial charge in [-0.1, -0.05) is 18.2 Å². The Labute approximate surface area is 126 Å². The Hall–Kier alpha value is -2.93. The summed E-state index contributed by atoms with van der Waals surface area (Å²) in [5, 5.41) is 44.0. The fourth-order valence-corrected chi connectivity index (χ4v) is 1.50. The average molecular weight is 307 g/mol. The topological polar surface area (TPSA) is 144 Å². The molecular formula is C15H17NO6. The molecule has 0 aliphatic carbocycles. The van der Waals surface area contributed by atoms with Crippen LogP contribution in [0.1, 0.15) is 5.56 Å². The maximum atomic E-state index is 10.4. The second kappa shape index (κ2) is 7.75. The number of carbonyl (C=O) groups is 1. The number of phenolic OH excluding ortho intramolecular Hbond substituents is 4. The number of phenols is 4. The molecule has 118 valence electrons. The van der Waals surface area contributed by atoms with Crippen molar-refractivity contribution in [2.24, 2.45) is 5.73 Å².